The van der Waals surface area contributed by atoms with Gasteiger partial charge < -0.3 is 10.8 Å². The lowest BCUT2D eigenvalue weighted by atomic mass is 9.98. The van der Waals surface area contributed by atoms with Crippen LogP contribution in [0.2, 0.25) is 0 Å². The van der Waals surface area contributed by atoms with Crippen molar-refractivity contribution >= 4 is 24.0 Å². The second kappa shape index (κ2) is 6.69. The van der Waals surface area contributed by atoms with E-state index in [1.54, 1.807) is 6.92 Å². The summed E-state index contributed by atoms with van der Waals surface area (Å²) in [7, 11) is 0. The Bertz CT molecular complexity index is 286. The van der Waals surface area contributed by atoms with Crippen LogP contribution < -0.4 is 5.73 Å². The molecular formula is C9H14N2O4. The van der Waals surface area contributed by atoms with E-state index in [0.717, 1.165) is 0 Å². The molecule has 2 amide bonds. The van der Waals surface area contributed by atoms with Crippen LogP contribution in [0.25, 0.3) is 0 Å². The Hall–Kier alpha value is -1.72. The van der Waals surface area contributed by atoms with Gasteiger partial charge in [-0.2, -0.15) is 0 Å². The Morgan fingerprint density at radius 3 is 2.47 bits per heavy atom. The fraction of sp³-hybridized carbons (Fsp3) is 0.556. The van der Waals surface area contributed by atoms with Crippen LogP contribution in [0, 0.1) is 5.92 Å². The summed E-state index contributed by atoms with van der Waals surface area (Å²) in [6, 6.07) is 0. The van der Waals surface area contributed by atoms with Crippen LogP contribution in [0.15, 0.2) is 4.99 Å². The number of carbonyl (C=O) groups is 3. The summed E-state index contributed by atoms with van der Waals surface area (Å²) in [4.78, 5) is 35.7. The number of amides is 2. The molecule has 84 valence electrons. The molecule has 0 aromatic rings. The molecule has 3 N–H and O–H groups in total. The molecule has 0 radical (unpaired) electrons. The fourth-order valence-electron chi connectivity index (χ4n) is 1.05. The number of hydrogen-bond donors (Lipinski definition) is 2. The number of carboxylic acids is 1. The molecule has 0 saturated heterocycles. The minimum atomic E-state index is -1.02. The van der Waals surface area contributed by atoms with Crippen molar-refractivity contribution in [2.24, 2.45) is 16.6 Å². The Morgan fingerprint density at radius 1 is 1.47 bits per heavy atom. The number of rotatable bonds is 6. The molecule has 6 heteroatoms. The van der Waals surface area contributed by atoms with E-state index in [-0.39, 0.29) is 19.3 Å². The van der Waals surface area contributed by atoms with Gasteiger partial charge in [0, 0.05) is 25.0 Å². The average Bonchev–Trinajstić information content (AvgIpc) is 2.11. The molecule has 0 heterocycles. The maximum atomic E-state index is 11.0. The maximum Gasteiger partial charge on any atom is 0.303 e. The average molecular weight is 214 g/mol. The predicted molar refractivity (Wildman–Crippen MR) is 53.3 cm³/mol. The summed E-state index contributed by atoms with van der Waals surface area (Å²) >= 11 is 0. The lowest BCUT2D eigenvalue weighted by Crippen LogP contribution is -2.26. The summed E-state index contributed by atoms with van der Waals surface area (Å²) in [6.07, 6.45) is 1.07. The Labute approximate surface area is 87.2 Å². The summed E-state index contributed by atoms with van der Waals surface area (Å²) < 4.78 is 0. The summed E-state index contributed by atoms with van der Waals surface area (Å²) in [6.45, 7) is 1.58. The molecular weight excluding hydrogens is 200 g/mol. The molecule has 0 aliphatic heterocycles. The summed E-state index contributed by atoms with van der Waals surface area (Å²) in [5.74, 6) is -2.91. The van der Waals surface area contributed by atoms with Crippen molar-refractivity contribution in [1.82, 2.24) is 0 Å². The maximum absolute atomic E-state index is 11.0. The summed E-state index contributed by atoms with van der Waals surface area (Å²) in [5, 5.41) is 8.41. The van der Waals surface area contributed by atoms with Crippen molar-refractivity contribution in [3.05, 3.63) is 0 Å². The third kappa shape index (κ3) is 6.36. The number of nitrogens with two attached hydrogens (primary N) is 1. The van der Waals surface area contributed by atoms with Gasteiger partial charge in [-0.1, -0.05) is 0 Å². The number of nitrogens with zero attached hydrogens (tertiary/aromatic N) is 1. The first-order chi connectivity index (χ1) is 6.97. The molecule has 6 nitrogen and oxygen atoms in total. The van der Waals surface area contributed by atoms with Gasteiger partial charge in [0.1, 0.15) is 0 Å². The first-order valence-electron chi connectivity index (χ1n) is 4.50. The van der Waals surface area contributed by atoms with Crippen LogP contribution in [-0.2, 0) is 14.4 Å². The molecule has 0 aromatic heterocycles. The first-order valence-corrected chi connectivity index (χ1v) is 4.50. The lowest BCUT2D eigenvalue weighted by Gasteiger charge is -2.08. The van der Waals surface area contributed by atoms with Gasteiger partial charge in [0.15, 0.2) is 0 Å². The van der Waals surface area contributed by atoms with E-state index in [0.29, 0.717) is 0 Å². The highest BCUT2D eigenvalue weighted by atomic mass is 16.4. The first kappa shape index (κ1) is 13.3. The van der Waals surface area contributed by atoms with Gasteiger partial charge in [-0.05, 0) is 13.3 Å². The van der Waals surface area contributed by atoms with E-state index in [1.807, 2.05) is 0 Å². The van der Waals surface area contributed by atoms with Gasteiger partial charge in [-0.25, -0.2) is 4.99 Å². The van der Waals surface area contributed by atoms with Gasteiger partial charge in [0.05, 0.1) is 0 Å². The second-order valence-electron chi connectivity index (χ2n) is 3.02. The van der Waals surface area contributed by atoms with Gasteiger partial charge in [-0.15, -0.1) is 0 Å². The topological polar surface area (TPSA) is 110 Å². The van der Waals surface area contributed by atoms with Gasteiger partial charge in [0.2, 0.25) is 11.8 Å². The van der Waals surface area contributed by atoms with Crippen molar-refractivity contribution in [3.63, 3.8) is 0 Å². The number of carboxylic acid groups (broad SMARTS) is 1. The van der Waals surface area contributed by atoms with E-state index in [9.17, 15) is 14.4 Å². The van der Waals surface area contributed by atoms with E-state index >= 15 is 0 Å². The SMILES string of the molecule is CC=NC(=O)CC(CCC(=O)O)C(N)=O. The molecule has 0 aliphatic carbocycles. The van der Waals surface area contributed by atoms with Crippen molar-refractivity contribution in [2.75, 3.05) is 0 Å². The van der Waals surface area contributed by atoms with Crippen LogP contribution in [0.1, 0.15) is 26.2 Å². The molecule has 0 spiro atoms. The Balaban J connectivity index is 4.22. The summed E-state index contributed by atoms with van der Waals surface area (Å²) in [5.41, 5.74) is 5.03. The zero-order valence-electron chi connectivity index (χ0n) is 8.47. The molecule has 0 rings (SSSR count). The molecule has 15 heavy (non-hydrogen) atoms. The number of aliphatic carboxylic acids is 1. The van der Waals surface area contributed by atoms with Crippen molar-refractivity contribution in [1.29, 1.82) is 0 Å². The minimum absolute atomic E-state index is 0.0651. The highest BCUT2D eigenvalue weighted by Crippen LogP contribution is 2.11. The molecule has 0 saturated carbocycles. The van der Waals surface area contributed by atoms with E-state index < -0.39 is 23.7 Å². The van der Waals surface area contributed by atoms with Crippen LogP contribution in [0.5, 0.6) is 0 Å². The molecule has 0 bridgehead atoms. The molecule has 0 fully saturated rings. The standard InChI is InChI=1S/C9H14N2O4/c1-2-11-7(12)5-6(9(10)15)3-4-8(13)14/h2,6H,3-5H2,1H3,(H2,10,15)(H,13,14). The van der Waals surface area contributed by atoms with Crippen LogP contribution in [0.3, 0.4) is 0 Å². The molecule has 0 aliphatic rings. The van der Waals surface area contributed by atoms with E-state index in [4.69, 9.17) is 10.8 Å². The van der Waals surface area contributed by atoms with Gasteiger partial charge in [0.25, 0.3) is 0 Å². The zero-order valence-corrected chi connectivity index (χ0v) is 8.47. The molecule has 1 unspecified atom stereocenters. The molecule has 0 aromatic carbocycles. The lowest BCUT2D eigenvalue weighted by molar-refractivity contribution is -0.138. The second-order valence-corrected chi connectivity index (χ2v) is 3.02. The van der Waals surface area contributed by atoms with Gasteiger partial charge >= 0.3 is 5.97 Å². The largest absolute Gasteiger partial charge is 0.481 e. The number of aliphatic imine (C=N–C) groups is 1. The third-order valence-corrected chi connectivity index (χ3v) is 1.80. The Morgan fingerprint density at radius 2 is 2.07 bits per heavy atom. The van der Waals surface area contributed by atoms with Crippen molar-refractivity contribution < 1.29 is 19.5 Å². The van der Waals surface area contributed by atoms with Crippen LogP contribution >= 0.6 is 0 Å². The minimum Gasteiger partial charge on any atom is -0.481 e. The van der Waals surface area contributed by atoms with Crippen molar-refractivity contribution in [3.8, 4) is 0 Å². The zero-order chi connectivity index (χ0) is 11.8. The number of carbonyl (C=O) groups excluding carboxylic acids is 2. The van der Waals surface area contributed by atoms with Crippen molar-refractivity contribution in [2.45, 2.75) is 26.2 Å². The normalized spacial score (nSPS) is 12.6. The highest BCUT2D eigenvalue weighted by Gasteiger charge is 2.19. The van der Waals surface area contributed by atoms with Crippen LogP contribution in [-0.4, -0.2) is 29.1 Å². The number of primary amides is 1. The highest BCUT2D eigenvalue weighted by molar-refractivity contribution is 5.89. The van der Waals surface area contributed by atoms with Crippen LogP contribution in [0.4, 0.5) is 0 Å². The van der Waals surface area contributed by atoms with E-state index in [1.165, 1.54) is 6.21 Å². The third-order valence-electron chi connectivity index (χ3n) is 1.80. The monoisotopic (exact) mass is 214 g/mol. The van der Waals surface area contributed by atoms with Gasteiger partial charge in [-0.3, -0.25) is 14.4 Å². The Kier molecular flexibility index (Phi) is 5.92. The number of hydrogen-bond acceptors (Lipinski definition) is 3. The van der Waals surface area contributed by atoms with E-state index in [2.05, 4.69) is 4.99 Å². The predicted octanol–water partition coefficient (Wildman–Crippen LogP) is -0.0399. The quantitative estimate of drug-likeness (QED) is 0.604. The molecule has 1 atom stereocenters. The smallest absolute Gasteiger partial charge is 0.303 e. The fourth-order valence-corrected chi connectivity index (χ4v) is 1.05.